The molecule has 25 heavy (non-hydrogen) atoms. The molecule has 1 heterocycles. The van der Waals surface area contributed by atoms with Crippen molar-refractivity contribution in [3.63, 3.8) is 0 Å². The van der Waals surface area contributed by atoms with E-state index in [1.165, 1.54) is 19.2 Å². The monoisotopic (exact) mass is 342 g/mol. The SMILES string of the molecule is COC(=O)c1ccc(NC(=O)N2CCCC2c2cccc(F)c2)cc1. The summed E-state index contributed by atoms with van der Waals surface area (Å²) in [5.74, 6) is -0.730. The van der Waals surface area contributed by atoms with E-state index in [1.807, 2.05) is 6.07 Å². The van der Waals surface area contributed by atoms with Gasteiger partial charge in [0.2, 0.25) is 0 Å². The van der Waals surface area contributed by atoms with Crippen LogP contribution in [0.25, 0.3) is 0 Å². The van der Waals surface area contributed by atoms with Crippen molar-refractivity contribution < 1.29 is 18.7 Å². The summed E-state index contributed by atoms with van der Waals surface area (Å²) in [6.45, 7) is 0.618. The number of halogens is 1. The van der Waals surface area contributed by atoms with Crippen LogP contribution in [0.3, 0.4) is 0 Å². The van der Waals surface area contributed by atoms with Crippen LogP contribution in [0.15, 0.2) is 48.5 Å². The first-order valence-corrected chi connectivity index (χ1v) is 8.10. The molecule has 0 aromatic heterocycles. The van der Waals surface area contributed by atoms with Crippen LogP contribution < -0.4 is 5.32 Å². The molecule has 0 radical (unpaired) electrons. The molecule has 6 heteroatoms. The van der Waals surface area contributed by atoms with Gasteiger partial charge in [-0.1, -0.05) is 12.1 Å². The summed E-state index contributed by atoms with van der Waals surface area (Å²) in [6, 6.07) is 12.5. The molecule has 1 atom stereocenters. The van der Waals surface area contributed by atoms with E-state index in [4.69, 9.17) is 0 Å². The number of likely N-dealkylation sites (tertiary alicyclic amines) is 1. The minimum absolute atomic E-state index is 0.134. The maximum atomic E-state index is 13.5. The van der Waals surface area contributed by atoms with E-state index in [9.17, 15) is 14.0 Å². The summed E-state index contributed by atoms with van der Waals surface area (Å²) in [5.41, 5.74) is 1.80. The predicted molar refractivity (Wildman–Crippen MR) is 91.9 cm³/mol. The van der Waals surface area contributed by atoms with E-state index in [0.29, 0.717) is 17.8 Å². The molecule has 2 aromatic carbocycles. The van der Waals surface area contributed by atoms with Gasteiger partial charge in [0.1, 0.15) is 5.82 Å². The van der Waals surface area contributed by atoms with E-state index in [0.717, 1.165) is 18.4 Å². The topological polar surface area (TPSA) is 58.6 Å². The van der Waals surface area contributed by atoms with Gasteiger partial charge in [-0.2, -0.15) is 0 Å². The number of urea groups is 1. The number of ether oxygens (including phenoxy) is 1. The average Bonchev–Trinajstić information content (AvgIpc) is 3.11. The molecular formula is C19H19FN2O3. The summed E-state index contributed by atoms with van der Waals surface area (Å²) in [7, 11) is 1.32. The highest BCUT2D eigenvalue weighted by molar-refractivity contribution is 5.92. The summed E-state index contributed by atoms with van der Waals surface area (Å²) in [5, 5.41) is 2.82. The van der Waals surface area contributed by atoms with Crippen molar-refractivity contribution in [2.24, 2.45) is 0 Å². The lowest BCUT2D eigenvalue weighted by molar-refractivity contribution is 0.0600. The van der Waals surface area contributed by atoms with E-state index >= 15 is 0 Å². The quantitative estimate of drug-likeness (QED) is 0.858. The molecule has 130 valence electrons. The number of anilines is 1. The van der Waals surface area contributed by atoms with Crippen LogP contribution in [0.5, 0.6) is 0 Å². The van der Waals surface area contributed by atoms with Gasteiger partial charge in [0.15, 0.2) is 0 Å². The van der Waals surface area contributed by atoms with Crippen molar-refractivity contribution in [3.05, 3.63) is 65.5 Å². The summed E-state index contributed by atoms with van der Waals surface area (Å²) >= 11 is 0. The van der Waals surface area contributed by atoms with Gasteiger partial charge in [0.25, 0.3) is 0 Å². The number of amides is 2. The molecule has 3 rings (SSSR count). The Morgan fingerprint density at radius 3 is 2.64 bits per heavy atom. The number of rotatable bonds is 3. The van der Waals surface area contributed by atoms with Crippen LogP contribution in [0.1, 0.15) is 34.8 Å². The minimum Gasteiger partial charge on any atom is -0.465 e. The van der Waals surface area contributed by atoms with Crippen molar-refractivity contribution in [1.29, 1.82) is 0 Å². The molecule has 2 aromatic rings. The minimum atomic E-state index is -0.427. The molecule has 1 saturated heterocycles. The van der Waals surface area contributed by atoms with Gasteiger partial charge in [-0.3, -0.25) is 0 Å². The Morgan fingerprint density at radius 1 is 1.20 bits per heavy atom. The Morgan fingerprint density at radius 2 is 1.96 bits per heavy atom. The maximum Gasteiger partial charge on any atom is 0.337 e. The molecule has 1 aliphatic heterocycles. The van der Waals surface area contributed by atoms with E-state index in [-0.39, 0.29) is 17.9 Å². The molecule has 1 N–H and O–H groups in total. The molecule has 1 fully saturated rings. The number of carbonyl (C=O) groups is 2. The Kier molecular flexibility index (Phi) is 4.97. The smallest absolute Gasteiger partial charge is 0.337 e. The molecule has 1 unspecified atom stereocenters. The second kappa shape index (κ2) is 7.34. The summed E-state index contributed by atoms with van der Waals surface area (Å²) in [4.78, 5) is 25.7. The fourth-order valence-corrected chi connectivity index (χ4v) is 3.07. The highest BCUT2D eigenvalue weighted by Crippen LogP contribution is 2.32. The molecular weight excluding hydrogens is 323 g/mol. The van der Waals surface area contributed by atoms with Gasteiger partial charge in [0.05, 0.1) is 18.7 Å². The van der Waals surface area contributed by atoms with E-state index in [1.54, 1.807) is 35.2 Å². The standard InChI is InChI=1S/C19H19FN2O3/c1-25-18(23)13-7-9-16(10-8-13)21-19(24)22-11-3-6-17(22)14-4-2-5-15(20)12-14/h2,4-5,7-10,12,17H,3,6,11H2,1H3,(H,21,24). The Bertz CT molecular complexity index is 776. The van der Waals surface area contributed by atoms with Crippen LogP contribution >= 0.6 is 0 Å². The molecule has 0 spiro atoms. The van der Waals surface area contributed by atoms with Gasteiger partial charge in [-0.15, -0.1) is 0 Å². The summed E-state index contributed by atoms with van der Waals surface area (Å²) in [6.07, 6.45) is 1.67. The van der Waals surface area contributed by atoms with Crippen LogP contribution in [0.4, 0.5) is 14.9 Å². The van der Waals surface area contributed by atoms with E-state index in [2.05, 4.69) is 10.1 Å². The first kappa shape index (κ1) is 17.0. The lowest BCUT2D eigenvalue weighted by atomic mass is 10.0. The Balaban J connectivity index is 1.71. The largest absolute Gasteiger partial charge is 0.465 e. The molecule has 0 aliphatic carbocycles. The second-order valence-electron chi connectivity index (χ2n) is 5.91. The maximum absolute atomic E-state index is 13.5. The number of esters is 1. The fraction of sp³-hybridized carbons (Fsp3) is 0.263. The van der Waals surface area contributed by atoms with Gasteiger partial charge in [0, 0.05) is 12.2 Å². The first-order valence-electron chi connectivity index (χ1n) is 8.10. The molecule has 0 bridgehead atoms. The van der Waals surface area contributed by atoms with Gasteiger partial charge in [-0.25, -0.2) is 14.0 Å². The lowest BCUT2D eigenvalue weighted by Gasteiger charge is -2.25. The zero-order chi connectivity index (χ0) is 17.8. The Hall–Kier alpha value is -2.89. The fourth-order valence-electron chi connectivity index (χ4n) is 3.07. The third kappa shape index (κ3) is 3.79. The van der Waals surface area contributed by atoms with Crippen LogP contribution in [0.2, 0.25) is 0 Å². The third-order valence-corrected chi connectivity index (χ3v) is 4.30. The van der Waals surface area contributed by atoms with Crippen molar-refractivity contribution >= 4 is 17.7 Å². The predicted octanol–water partition coefficient (Wildman–Crippen LogP) is 3.98. The number of nitrogens with one attached hydrogen (secondary N) is 1. The summed E-state index contributed by atoms with van der Waals surface area (Å²) < 4.78 is 18.1. The van der Waals surface area contributed by atoms with Gasteiger partial charge in [-0.05, 0) is 54.8 Å². The van der Waals surface area contributed by atoms with Crippen molar-refractivity contribution in [1.82, 2.24) is 4.90 Å². The van der Waals surface area contributed by atoms with Crippen LogP contribution in [0, 0.1) is 5.82 Å². The number of nitrogens with zero attached hydrogens (tertiary/aromatic N) is 1. The van der Waals surface area contributed by atoms with Crippen molar-refractivity contribution in [2.45, 2.75) is 18.9 Å². The highest BCUT2D eigenvalue weighted by atomic mass is 19.1. The van der Waals surface area contributed by atoms with Crippen LogP contribution in [-0.2, 0) is 4.74 Å². The Labute approximate surface area is 145 Å². The van der Waals surface area contributed by atoms with Crippen molar-refractivity contribution in [2.75, 3.05) is 19.0 Å². The van der Waals surface area contributed by atoms with Crippen LogP contribution in [-0.4, -0.2) is 30.6 Å². The lowest BCUT2D eigenvalue weighted by Crippen LogP contribution is -2.34. The van der Waals surface area contributed by atoms with Gasteiger partial charge >= 0.3 is 12.0 Å². The molecule has 1 aliphatic rings. The molecule has 2 amide bonds. The highest BCUT2D eigenvalue weighted by Gasteiger charge is 2.30. The zero-order valence-electron chi connectivity index (χ0n) is 13.9. The first-order chi connectivity index (χ1) is 12.1. The molecule has 5 nitrogen and oxygen atoms in total. The van der Waals surface area contributed by atoms with E-state index < -0.39 is 5.97 Å². The number of hydrogen-bond acceptors (Lipinski definition) is 3. The average molecular weight is 342 g/mol. The number of benzene rings is 2. The van der Waals surface area contributed by atoms with Gasteiger partial charge < -0.3 is 15.0 Å². The number of hydrogen-bond donors (Lipinski definition) is 1. The number of methoxy groups -OCH3 is 1. The van der Waals surface area contributed by atoms with Crippen molar-refractivity contribution in [3.8, 4) is 0 Å². The number of carbonyl (C=O) groups excluding carboxylic acids is 2. The molecule has 0 saturated carbocycles. The third-order valence-electron chi connectivity index (χ3n) is 4.30. The normalized spacial score (nSPS) is 16.6. The second-order valence-corrected chi connectivity index (χ2v) is 5.91. The zero-order valence-corrected chi connectivity index (χ0v) is 13.9.